The summed E-state index contributed by atoms with van der Waals surface area (Å²) >= 11 is 13.5. The van der Waals surface area contributed by atoms with E-state index in [4.69, 9.17) is 28.9 Å². The highest BCUT2D eigenvalue weighted by atomic mass is 35.5. The topological polar surface area (TPSA) is 62.5 Å². The summed E-state index contributed by atoms with van der Waals surface area (Å²) < 4.78 is 1.09. The maximum atomic E-state index is 12.6. The summed E-state index contributed by atoms with van der Waals surface area (Å²) in [6.07, 6.45) is 0.334. The standard InChI is InChI=1S/C19H18Cl2N4OS/c20-14-3-1-12(9-15(14)21)10-18(26)25-7-5-24(6-8-25)13-2-4-17-16(11-13)23-19(22)27-17/h1-4,9,11H,5-8,10H2,(H2,22,23). The van der Waals surface area contributed by atoms with Gasteiger partial charge in [0.25, 0.3) is 0 Å². The molecule has 1 amide bonds. The Labute approximate surface area is 171 Å². The number of nitrogen functional groups attached to an aromatic ring is 1. The van der Waals surface area contributed by atoms with Gasteiger partial charge in [-0.1, -0.05) is 40.6 Å². The van der Waals surface area contributed by atoms with Gasteiger partial charge in [0.1, 0.15) is 0 Å². The van der Waals surface area contributed by atoms with Gasteiger partial charge in [-0.15, -0.1) is 0 Å². The number of fused-ring (bicyclic) bond motifs is 1. The number of carbonyl (C=O) groups excluding carboxylic acids is 1. The fraction of sp³-hybridized carbons (Fsp3) is 0.263. The Morgan fingerprint density at radius 1 is 1.07 bits per heavy atom. The molecule has 0 aliphatic carbocycles. The molecule has 2 N–H and O–H groups in total. The first-order chi connectivity index (χ1) is 13.0. The fourth-order valence-corrected chi connectivity index (χ4v) is 4.32. The van der Waals surface area contributed by atoms with Crippen molar-refractivity contribution < 1.29 is 4.79 Å². The van der Waals surface area contributed by atoms with E-state index in [0.717, 1.165) is 34.6 Å². The van der Waals surface area contributed by atoms with Crippen LogP contribution in [0.1, 0.15) is 5.56 Å². The maximum absolute atomic E-state index is 12.6. The molecule has 0 bridgehead atoms. The van der Waals surface area contributed by atoms with E-state index >= 15 is 0 Å². The van der Waals surface area contributed by atoms with Crippen molar-refractivity contribution in [1.82, 2.24) is 9.88 Å². The molecular weight excluding hydrogens is 403 g/mol. The van der Waals surface area contributed by atoms with E-state index in [9.17, 15) is 4.79 Å². The zero-order valence-electron chi connectivity index (χ0n) is 14.5. The van der Waals surface area contributed by atoms with Gasteiger partial charge < -0.3 is 15.5 Å². The Hall–Kier alpha value is -2.02. The number of aromatic nitrogens is 1. The fourth-order valence-electron chi connectivity index (χ4n) is 3.28. The Balaban J connectivity index is 1.38. The molecule has 3 aromatic rings. The molecule has 8 heteroatoms. The molecule has 5 nitrogen and oxygen atoms in total. The molecule has 0 radical (unpaired) electrons. The molecule has 1 aliphatic rings. The van der Waals surface area contributed by atoms with Crippen molar-refractivity contribution in [2.24, 2.45) is 0 Å². The normalized spacial score (nSPS) is 14.7. The smallest absolute Gasteiger partial charge is 0.227 e. The minimum absolute atomic E-state index is 0.107. The van der Waals surface area contributed by atoms with E-state index in [2.05, 4.69) is 28.1 Å². The number of thiazole rings is 1. The summed E-state index contributed by atoms with van der Waals surface area (Å²) in [6.45, 7) is 2.96. The summed E-state index contributed by atoms with van der Waals surface area (Å²) in [5, 5.41) is 1.56. The van der Waals surface area contributed by atoms with Crippen LogP contribution in [0.15, 0.2) is 36.4 Å². The van der Waals surface area contributed by atoms with Crippen LogP contribution in [-0.2, 0) is 11.2 Å². The van der Waals surface area contributed by atoms with Crippen molar-refractivity contribution in [3.63, 3.8) is 0 Å². The van der Waals surface area contributed by atoms with Crippen molar-refractivity contribution in [2.75, 3.05) is 36.8 Å². The monoisotopic (exact) mass is 420 g/mol. The van der Waals surface area contributed by atoms with Crippen LogP contribution in [0.5, 0.6) is 0 Å². The first-order valence-electron chi connectivity index (χ1n) is 8.62. The number of halogens is 2. The molecule has 1 aromatic heterocycles. The lowest BCUT2D eigenvalue weighted by Crippen LogP contribution is -2.49. The molecule has 0 atom stereocenters. The molecule has 0 saturated carbocycles. The van der Waals surface area contributed by atoms with E-state index in [-0.39, 0.29) is 5.91 Å². The summed E-state index contributed by atoms with van der Waals surface area (Å²) in [4.78, 5) is 21.1. The third-order valence-corrected chi connectivity index (χ3v) is 6.33. The van der Waals surface area contributed by atoms with E-state index in [1.165, 1.54) is 11.3 Å². The SMILES string of the molecule is Nc1nc2cc(N3CCN(C(=O)Cc4ccc(Cl)c(Cl)c4)CC3)ccc2s1. The quantitative estimate of drug-likeness (QED) is 0.693. The Kier molecular flexibility index (Phi) is 5.12. The van der Waals surface area contributed by atoms with Crippen LogP contribution in [0.4, 0.5) is 10.8 Å². The summed E-state index contributed by atoms with van der Waals surface area (Å²) in [5.74, 6) is 0.107. The molecule has 1 fully saturated rings. The molecule has 140 valence electrons. The molecule has 2 heterocycles. The average molecular weight is 421 g/mol. The van der Waals surface area contributed by atoms with Gasteiger partial charge in [-0.2, -0.15) is 0 Å². The second-order valence-electron chi connectivity index (χ2n) is 6.50. The van der Waals surface area contributed by atoms with E-state index in [1.54, 1.807) is 12.1 Å². The van der Waals surface area contributed by atoms with Crippen LogP contribution < -0.4 is 10.6 Å². The third kappa shape index (κ3) is 3.98. The molecule has 0 spiro atoms. The molecule has 0 unspecified atom stereocenters. The molecule has 1 saturated heterocycles. The van der Waals surface area contributed by atoms with Crippen molar-refractivity contribution in [3.8, 4) is 0 Å². The van der Waals surface area contributed by atoms with Crippen LogP contribution in [0.25, 0.3) is 10.2 Å². The molecule has 4 rings (SSSR count). The highest BCUT2D eigenvalue weighted by molar-refractivity contribution is 7.22. The zero-order chi connectivity index (χ0) is 19.0. The van der Waals surface area contributed by atoms with Crippen LogP contribution in [0, 0.1) is 0 Å². The number of hydrogen-bond acceptors (Lipinski definition) is 5. The van der Waals surface area contributed by atoms with E-state index in [0.29, 0.717) is 34.7 Å². The Morgan fingerprint density at radius 2 is 1.85 bits per heavy atom. The zero-order valence-corrected chi connectivity index (χ0v) is 16.8. The first-order valence-corrected chi connectivity index (χ1v) is 10.2. The third-order valence-electron chi connectivity index (χ3n) is 4.72. The predicted octanol–water partition coefficient (Wildman–Crippen LogP) is 4.08. The number of carbonyl (C=O) groups is 1. The van der Waals surface area contributed by atoms with E-state index < -0.39 is 0 Å². The van der Waals surface area contributed by atoms with Crippen LogP contribution >= 0.6 is 34.5 Å². The minimum Gasteiger partial charge on any atom is -0.375 e. The van der Waals surface area contributed by atoms with Gasteiger partial charge >= 0.3 is 0 Å². The number of nitrogens with zero attached hydrogens (tertiary/aromatic N) is 3. The van der Waals surface area contributed by atoms with Gasteiger partial charge in [0, 0.05) is 31.9 Å². The highest BCUT2D eigenvalue weighted by Gasteiger charge is 2.22. The lowest BCUT2D eigenvalue weighted by molar-refractivity contribution is -0.130. The largest absolute Gasteiger partial charge is 0.375 e. The predicted molar refractivity (Wildman–Crippen MR) is 113 cm³/mol. The lowest BCUT2D eigenvalue weighted by atomic mass is 10.1. The Bertz CT molecular complexity index is 999. The molecule has 27 heavy (non-hydrogen) atoms. The number of rotatable bonds is 3. The molecule has 1 aliphatic heterocycles. The number of nitrogens with two attached hydrogens (primary N) is 1. The average Bonchev–Trinajstić information content (AvgIpc) is 3.04. The second kappa shape index (κ2) is 7.54. The van der Waals surface area contributed by atoms with Gasteiger partial charge in [0.15, 0.2) is 5.13 Å². The lowest BCUT2D eigenvalue weighted by Gasteiger charge is -2.36. The first kappa shape index (κ1) is 18.3. The molecular formula is C19H18Cl2N4OS. The van der Waals surface area contributed by atoms with Crippen LogP contribution in [0.2, 0.25) is 10.0 Å². The van der Waals surface area contributed by atoms with Crippen molar-refractivity contribution in [3.05, 3.63) is 52.0 Å². The van der Waals surface area contributed by atoms with Crippen molar-refractivity contribution in [2.45, 2.75) is 6.42 Å². The van der Waals surface area contributed by atoms with Gasteiger partial charge in [0.2, 0.25) is 5.91 Å². The number of benzene rings is 2. The van der Waals surface area contributed by atoms with Gasteiger partial charge in [0.05, 0.1) is 26.7 Å². The highest BCUT2D eigenvalue weighted by Crippen LogP contribution is 2.28. The van der Waals surface area contributed by atoms with Crippen molar-refractivity contribution in [1.29, 1.82) is 0 Å². The maximum Gasteiger partial charge on any atom is 0.227 e. The minimum atomic E-state index is 0.107. The molecule has 2 aromatic carbocycles. The van der Waals surface area contributed by atoms with Gasteiger partial charge in [-0.3, -0.25) is 4.79 Å². The van der Waals surface area contributed by atoms with Crippen LogP contribution in [-0.4, -0.2) is 42.0 Å². The Morgan fingerprint density at radius 3 is 2.59 bits per heavy atom. The number of piperazine rings is 1. The number of amides is 1. The van der Waals surface area contributed by atoms with Gasteiger partial charge in [-0.05, 0) is 35.9 Å². The second-order valence-corrected chi connectivity index (χ2v) is 8.37. The summed E-state index contributed by atoms with van der Waals surface area (Å²) in [5.41, 5.74) is 8.70. The van der Waals surface area contributed by atoms with Crippen LogP contribution in [0.3, 0.4) is 0 Å². The van der Waals surface area contributed by atoms with Gasteiger partial charge in [-0.25, -0.2) is 4.98 Å². The van der Waals surface area contributed by atoms with Crippen molar-refractivity contribution >= 4 is 61.5 Å². The number of hydrogen-bond donors (Lipinski definition) is 1. The summed E-state index contributed by atoms with van der Waals surface area (Å²) in [6, 6.07) is 11.5. The summed E-state index contributed by atoms with van der Waals surface area (Å²) in [7, 11) is 0. The number of anilines is 2. The van der Waals surface area contributed by atoms with E-state index in [1.807, 2.05) is 11.0 Å².